The Morgan fingerprint density at radius 1 is 1.24 bits per heavy atom. The summed E-state index contributed by atoms with van der Waals surface area (Å²) in [5.74, 6) is -1.26. The van der Waals surface area contributed by atoms with Gasteiger partial charge in [-0.05, 0) is 43.0 Å². The van der Waals surface area contributed by atoms with Crippen LogP contribution in [0.3, 0.4) is 0 Å². The first-order valence-electron chi connectivity index (χ1n) is 11.3. The van der Waals surface area contributed by atoms with Gasteiger partial charge in [0.2, 0.25) is 0 Å². The molecule has 2 aromatic rings. The summed E-state index contributed by atoms with van der Waals surface area (Å²) in [7, 11) is 0. The van der Waals surface area contributed by atoms with Gasteiger partial charge in [0.1, 0.15) is 0 Å². The van der Waals surface area contributed by atoms with E-state index in [-0.39, 0.29) is 16.7 Å². The van der Waals surface area contributed by atoms with Crippen LogP contribution in [0.2, 0.25) is 5.02 Å². The first kappa shape index (κ1) is 25.4. The number of piperazine rings is 1. The van der Waals surface area contributed by atoms with Gasteiger partial charge in [-0.15, -0.1) is 0 Å². The lowest BCUT2D eigenvalue weighted by atomic mass is 10.0. The number of carboxylic acid groups (broad SMARTS) is 1. The molecule has 0 radical (unpaired) electrons. The molecule has 9 heteroatoms. The van der Waals surface area contributed by atoms with Crippen LogP contribution in [0.25, 0.3) is 5.57 Å². The molecule has 2 heterocycles. The van der Waals surface area contributed by atoms with Crippen molar-refractivity contribution in [1.82, 2.24) is 19.6 Å². The van der Waals surface area contributed by atoms with Crippen molar-refractivity contribution in [2.45, 2.75) is 33.7 Å². The second-order valence-corrected chi connectivity index (χ2v) is 8.58. The van der Waals surface area contributed by atoms with E-state index in [1.165, 1.54) is 17.3 Å². The largest absolute Gasteiger partial charge is 0.476 e. The Morgan fingerprint density at radius 2 is 1.97 bits per heavy atom. The quantitative estimate of drug-likeness (QED) is 0.571. The number of benzene rings is 1. The molecule has 0 aliphatic carbocycles. The molecule has 0 saturated carbocycles. The zero-order valence-corrected chi connectivity index (χ0v) is 20.5. The molecule has 3 rings (SSSR count). The Kier molecular flexibility index (Phi) is 8.79. The van der Waals surface area contributed by atoms with Crippen molar-refractivity contribution in [2.75, 3.05) is 26.2 Å². The predicted octanol–water partition coefficient (Wildman–Crippen LogP) is 4.81. The number of carbonyl (C=O) groups is 2. The highest BCUT2D eigenvalue weighted by molar-refractivity contribution is 6.33. The third-order valence-corrected chi connectivity index (χ3v) is 6.03. The first-order valence-corrected chi connectivity index (χ1v) is 11.6. The summed E-state index contributed by atoms with van der Waals surface area (Å²) in [6, 6.07) is 8.04. The van der Waals surface area contributed by atoms with E-state index in [2.05, 4.69) is 59.2 Å². The molecular weight excluding hydrogens is 454 g/mol. The summed E-state index contributed by atoms with van der Waals surface area (Å²) in [6.07, 6.45) is 8.07. The van der Waals surface area contributed by atoms with Crippen LogP contribution in [0.5, 0.6) is 0 Å². The van der Waals surface area contributed by atoms with Gasteiger partial charge in [-0.3, -0.25) is 9.89 Å². The van der Waals surface area contributed by atoms with E-state index in [4.69, 9.17) is 16.7 Å². The molecular formula is C25H30ClN5O3. The second-order valence-electron chi connectivity index (χ2n) is 8.17. The molecule has 0 spiro atoms. The number of amides is 1. The SMILES string of the molecule is C\C=C(/C=N\C=C(/C)CC)c1cccc(CN2CCN(C(=O)n3cc(Cl)c(C(=O)O)n3)CC2)c1. The van der Waals surface area contributed by atoms with Crippen LogP contribution in [0, 0.1) is 0 Å². The highest BCUT2D eigenvalue weighted by Gasteiger charge is 2.25. The van der Waals surface area contributed by atoms with Gasteiger partial charge in [0.25, 0.3) is 0 Å². The smallest absolute Gasteiger partial charge is 0.357 e. The molecule has 1 amide bonds. The van der Waals surface area contributed by atoms with Crippen LogP contribution < -0.4 is 0 Å². The molecule has 0 atom stereocenters. The fraction of sp³-hybridized carbons (Fsp3) is 0.360. The second kappa shape index (κ2) is 11.8. The molecule has 34 heavy (non-hydrogen) atoms. The van der Waals surface area contributed by atoms with E-state index in [0.29, 0.717) is 26.2 Å². The average molecular weight is 484 g/mol. The molecule has 1 aliphatic heterocycles. The van der Waals surface area contributed by atoms with Gasteiger partial charge < -0.3 is 10.0 Å². The number of hydrogen-bond donors (Lipinski definition) is 1. The molecule has 1 fully saturated rings. The van der Waals surface area contributed by atoms with Crippen LogP contribution in [0.1, 0.15) is 48.8 Å². The van der Waals surface area contributed by atoms with Crippen LogP contribution in [-0.2, 0) is 6.54 Å². The standard InChI is InChI=1S/C25H30ClN5O3/c1-4-18(3)14-27-15-20(5-2)21-8-6-7-19(13-21)16-29-9-11-30(12-10-29)25(34)31-17-22(26)23(28-31)24(32)33/h5-8,13-15,17H,4,9-12,16H2,1-3H3,(H,32,33)/b18-14+,20-5+,27-15-. The van der Waals surface area contributed by atoms with Crippen molar-refractivity contribution in [1.29, 1.82) is 0 Å². The van der Waals surface area contributed by atoms with Crippen molar-refractivity contribution in [3.63, 3.8) is 0 Å². The predicted molar refractivity (Wildman–Crippen MR) is 134 cm³/mol. The number of allylic oxidation sites excluding steroid dienone is 3. The van der Waals surface area contributed by atoms with Crippen LogP contribution in [0.4, 0.5) is 4.79 Å². The van der Waals surface area contributed by atoms with E-state index in [0.717, 1.165) is 28.8 Å². The summed E-state index contributed by atoms with van der Waals surface area (Å²) >= 11 is 5.87. The minimum Gasteiger partial charge on any atom is -0.476 e. The summed E-state index contributed by atoms with van der Waals surface area (Å²) in [6.45, 7) is 9.41. The molecule has 1 saturated heterocycles. The lowest BCUT2D eigenvalue weighted by Crippen LogP contribution is -2.49. The highest BCUT2D eigenvalue weighted by Crippen LogP contribution is 2.18. The zero-order valence-electron chi connectivity index (χ0n) is 19.7. The van der Waals surface area contributed by atoms with Crippen LogP contribution in [-0.4, -0.2) is 69.1 Å². The van der Waals surface area contributed by atoms with Gasteiger partial charge >= 0.3 is 12.0 Å². The fourth-order valence-corrected chi connectivity index (χ4v) is 3.81. The molecule has 8 nitrogen and oxygen atoms in total. The monoisotopic (exact) mass is 483 g/mol. The molecule has 1 aromatic carbocycles. The number of carbonyl (C=O) groups excluding carboxylic acids is 1. The maximum absolute atomic E-state index is 12.7. The third-order valence-electron chi connectivity index (χ3n) is 5.75. The van der Waals surface area contributed by atoms with E-state index in [9.17, 15) is 9.59 Å². The Balaban J connectivity index is 1.59. The van der Waals surface area contributed by atoms with Crippen molar-refractivity contribution in [2.24, 2.45) is 4.99 Å². The van der Waals surface area contributed by atoms with E-state index >= 15 is 0 Å². The molecule has 0 unspecified atom stereocenters. The van der Waals surface area contributed by atoms with Gasteiger partial charge in [0, 0.05) is 45.1 Å². The van der Waals surface area contributed by atoms with Crippen molar-refractivity contribution in [3.05, 3.63) is 70.2 Å². The van der Waals surface area contributed by atoms with Crippen molar-refractivity contribution < 1.29 is 14.7 Å². The van der Waals surface area contributed by atoms with Gasteiger partial charge in [-0.25, -0.2) is 9.59 Å². The number of aromatic nitrogens is 2. The third kappa shape index (κ3) is 6.42. The van der Waals surface area contributed by atoms with Gasteiger partial charge in [0.15, 0.2) is 5.69 Å². The summed E-state index contributed by atoms with van der Waals surface area (Å²) < 4.78 is 1.00. The van der Waals surface area contributed by atoms with Gasteiger partial charge in [-0.2, -0.15) is 9.78 Å². The normalized spacial score (nSPS) is 15.8. The summed E-state index contributed by atoms with van der Waals surface area (Å²) in [4.78, 5) is 32.2. The Morgan fingerprint density at radius 3 is 2.59 bits per heavy atom. The van der Waals surface area contributed by atoms with Gasteiger partial charge in [-0.1, -0.05) is 48.4 Å². The maximum Gasteiger partial charge on any atom is 0.357 e. The molecule has 1 N–H and O–H groups in total. The zero-order chi connectivity index (χ0) is 24.7. The Hall–Kier alpha value is -3.23. The van der Waals surface area contributed by atoms with E-state index in [1.54, 1.807) is 4.90 Å². The Bertz CT molecular complexity index is 1130. The molecule has 0 bridgehead atoms. The number of aliphatic imine (C=N–C) groups is 1. The summed E-state index contributed by atoms with van der Waals surface area (Å²) in [5.41, 5.74) is 4.28. The number of halogens is 1. The van der Waals surface area contributed by atoms with Crippen molar-refractivity contribution >= 4 is 35.4 Å². The highest BCUT2D eigenvalue weighted by atomic mass is 35.5. The number of hydrogen-bond acceptors (Lipinski definition) is 5. The summed E-state index contributed by atoms with van der Waals surface area (Å²) in [5, 5.41) is 12.8. The molecule has 1 aliphatic rings. The average Bonchev–Trinajstić information content (AvgIpc) is 3.23. The first-order chi connectivity index (χ1) is 16.3. The topological polar surface area (TPSA) is 91.0 Å². The minimum absolute atomic E-state index is 0.0542. The molecule has 180 valence electrons. The number of aromatic carboxylic acids is 1. The Labute approximate surface area is 204 Å². The fourth-order valence-electron chi connectivity index (χ4n) is 3.60. The number of rotatable bonds is 7. The van der Waals surface area contributed by atoms with Crippen molar-refractivity contribution in [3.8, 4) is 0 Å². The maximum atomic E-state index is 12.7. The number of nitrogens with zero attached hydrogens (tertiary/aromatic N) is 5. The lowest BCUT2D eigenvalue weighted by molar-refractivity contribution is 0.0690. The number of carboxylic acids is 1. The van der Waals surface area contributed by atoms with Gasteiger partial charge in [0.05, 0.1) is 11.2 Å². The van der Waals surface area contributed by atoms with Crippen LogP contribution in [0.15, 0.2) is 53.3 Å². The minimum atomic E-state index is -1.26. The van der Waals surface area contributed by atoms with Crippen LogP contribution >= 0.6 is 11.6 Å². The van der Waals surface area contributed by atoms with E-state index in [1.807, 2.05) is 19.3 Å². The van der Waals surface area contributed by atoms with E-state index < -0.39 is 5.97 Å². The lowest BCUT2D eigenvalue weighted by Gasteiger charge is -2.34. The molecule has 1 aromatic heterocycles.